The second-order valence-corrected chi connectivity index (χ2v) is 8.74. The SMILES string of the molecule is Cc1ccc(-c2cccc(C)c2C(=O)N2CCCC(Nc3ncc(Br)cn3)C2)cc1. The number of aromatic nitrogens is 2. The van der Waals surface area contributed by atoms with E-state index in [9.17, 15) is 4.79 Å². The Balaban J connectivity index is 1.56. The summed E-state index contributed by atoms with van der Waals surface area (Å²) in [5.41, 5.74) is 5.07. The first kappa shape index (κ1) is 20.5. The van der Waals surface area contributed by atoms with Crippen molar-refractivity contribution < 1.29 is 4.79 Å². The zero-order chi connectivity index (χ0) is 21.1. The van der Waals surface area contributed by atoms with Gasteiger partial charge in [0.25, 0.3) is 5.91 Å². The average molecular weight is 465 g/mol. The highest BCUT2D eigenvalue weighted by Gasteiger charge is 2.27. The summed E-state index contributed by atoms with van der Waals surface area (Å²) in [6.07, 6.45) is 5.39. The fraction of sp³-hybridized carbons (Fsp3) is 0.292. The van der Waals surface area contributed by atoms with Gasteiger partial charge in [0.05, 0.1) is 10.0 Å². The zero-order valence-electron chi connectivity index (χ0n) is 17.2. The number of rotatable bonds is 4. The average Bonchev–Trinajstić information content (AvgIpc) is 2.75. The Kier molecular flexibility index (Phi) is 6.13. The first-order chi connectivity index (χ1) is 14.5. The van der Waals surface area contributed by atoms with Crippen LogP contribution in [0.1, 0.15) is 34.3 Å². The number of piperidine rings is 1. The monoisotopic (exact) mass is 464 g/mol. The van der Waals surface area contributed by atoms with Gasteiger partial charge in [0.1, 0.15) is 0 Å². The van der Waals surface area contributed by atoms with Crippen LogP contribution in [0.3, 0.4) is 0 Å². The molecule has 0 bridgehead atoms. The van der Waals surface area contributed by atoms with Crippen LogP contribution in [0.15, 0.2) is 59.3 Å². The van der Waals surface area contributed by atoms with Crippen LogP contribution in [0.4, 0.5) is 5.95 Å². The maximum atomic E-state index is 13.6. The van der Waals surface area contributed by atoms with Crippen molar-refractivity contribution in [2.45, 2.75) is 32.7 Å². The number of nitrogens with zero attached hydrogens (tertiary/aromatic N) is 3. The maximum absolute atomic E-state index is 13.6. The van der Waals surface area contributed by atoms with Crippen molar-refractivity contribution in [3.8, 4) is 11.1 Å². The number of carbonyl (C=O) groups is 1. The van der Waals surface area contributed by atoms with E-state index in [2.05, 4.69) is 62.4 Å². The molecule has 1 N–H and O–H groups in total. The third kappa shape index (κ3) is 4.54. The van der Waals surface area contributed by atoms with E-state index in [0.29, 0.717) is 12.5 Å². The van der Waals surface area contributed by atoms with E-state index in [4.69, 9.17) is 0 Å². The number of hydrogen-bond acceptors (Lipinski definition) is 4. The van der Waals surface area contributed by atoms with Gasteiger partial charge >= 0.3 is 0 Å². The van der Waals surface area contributed by atoms with Crippen LogP contribution in [0.5, 0.6) is 0 Å². The summed E-state index contributed by atoms with van der Waals surface area (Å²) >= 11 is 3.36. The predicted octanol–water partition coefficient (Wildman–Crippen LogP) is 5.24. The van der Waals surface area contributed by atoms with Crippen molar-refractivity contribution >= 4 is 27.8 Å². The van der Waals surface area contributed by atoms with Crippen LogP contribution >= 0.6 is 15.9 Å². The highest BCUT2D eigenvalue weighted by molar-refractivity contribution is 9.10. The molecule has 1 aromatic heterocycles. The molecule has 30 heavy (non-hydrogen) atoms. The molecule has 1 saturated heterocycles. The van der Waals surface area contributed by atoms with Gasteiger partial charge in [0.15, 0.2) is 0 Å². The van der Waals surface area contributed by atoms with Gasteiger partial charge in [0.2, 0.25) is 5.95 Å². The lowest BCUT2D eigenvalue weighted by Gasteiger charge is -2.34. The van der Waals surface area contributed by atoms with Gasteiger partial charge < -0.3 is 10.2 Å². The smallest absolute Gasteiger partial charge is 0.254 e. The van der Waals surface area contributed by atoms with Gasteiger partial charge in [-0.1, -0.05) is 48.0 Å². The van der Waals surface area contributed by atoms with Crippen molar-refractivity contribution in [3.05, 3.63) is 76.0 Å². The number of anilines is 1. The van der Waals surface area contributed by atoms with Crippen LogP contribution in [0.25, 0.3) is 11.1 Å². The molecule has 3 aromatic rings. The molecule has 5 nitrogen and oxygen atoms in total. The lowest BCUT2D eigenvalue weighted by Crippen LogP contribution is -2.45. The topological polar surface area (TPSA) is 58.1 Å². The second kappa shape index (κ2) is 8.96. The van der Waals surface area contributed by atoms with Crippen LogP contribution in [-0.4, -0.2) is 39.9 Å². The first-order valence-electron chi connectivity index (χ1n) is 10.2. The molecule has 1 aliphatic rings. The zero-order valence-corrected chi connectivity index (χ0v) is 18.8. The quantitative estimate of drug-likeness (QED) is 0.573. The minimum atomic E-state index is 0.0897. The Hall–Kier alpha value is -2.73. The molecular formula is C24H25BrN4O. The highest BCUT2D eigenvalue weighted by Crippen LogP contribution is 2.29. The standard InChI is InChI=1S/C24H25BrN4O/c1-16-8-10-18(11-9-16)21-7-3-5-17(2)22(21)23(30)29-12-4-6-20(15-29)28-24-26-13-19(25)14-27-24/h3,5,7-11,13-14,20H,4,6,12,15H2,1-2H3,(H,26,27,28). The number of halogens is 1. The maximum Gasteiger partial charge on any atom is 0.254 e. The summed E-state index contributed by atoms with van der Waals surface area (Å²) in [5, 5.41) is 3.37. The second-order valence-electron chi connectivity index (χ2n) is 7.82. The number of likely N-dealkylation sites (tertiary alicyclic amines) is 1. The van der Waals surface area contributed by atoms with Gasteiger partial charge in [-0.15, -0.1) is 0 Å². The van der Waals surface area contributed by atoms with Gasteiger partial charge in [-0.05, 0) is 59.3 Å². The normalized spacial score (nSPS) is 16.4. The van der Waals surface area contributed by atoms with Crippen LogP contribution < -0.4 is 5.32 Å². The van der Waals surface area contributed by atoms with Crippen molar-refractivity contribution in [1.29, 1.82) is 0 Å². The largest absolute Gasteiger partial charge is 0.350 e. The van der Waals surface area contributed by atoms with Crippen molar-refractivity contribution in [2.24, 2.45) is 0 Å². The number of carbonyl (C=O) groups excluding carboxylic acids is 1. The summed E-state index contributed by atoms with van der Waals surface area (Å²) in [4.78, 5) is 24.1. The molecule has 6 heteroatoms. The van der Waals surface area contributed by atoms with Crippen molar-refractivity contribution in [2.75, 3.05) is 18.4 Å². The summed E-state index contributed by atoms with van der Waals surface area (Å²) in [6.45, 7) is 5.49. The molecule has 1 fully saturated rings. The summed E-state index contributed by atoms with van der Waals surface area (Å²) in [6, 6.07) is 14.6. The molecule has 1 amide bonds. The van der Waals surface area contributed by atoms with Gasteiger partial charge in [-0.2, -0.15) is 0 Å². The number of benzene rings is 2. The van der Waals surface area contributed by atoms with Crippen molar-refractivity contribution in [1.82, 2.24) is 14.9 Å². The fourth-order valence-electron chi connectivity index (χ4n) is 3.93. The van der Waals surface area contributed by atoms with E-state index in [1.165, 1.54) is 5.56 Å². The molecule has 0 spiro atoms. The molecule has 1 atom stereocenters. The van der Waals surface area contributed by atoms with Gasteiger partial charge in [-0.25, -0.2) is 9.97 Å². The molecule has 0 aliphatic carbocycles. The number of aryl methyl sites for hydroxylation is 2. The predicted molar refractivity (Wildman–Crippen MR) is 124 cm³/mol. The summed E-state index contributed by atoms with van der Waals surface area (Å²) in [5.74, 6) is 0.681. The third-order valence-electron chi connectivity index (χ3n) is 5.51. The van der Waals surface area contributed by atoms with E-state index >= 15 is 0 Å². The molecule has 0 radical (unpaired) electrons. The van der Waals surface area contributed by atoms with E-state index in [0.717, 1.165) is 46.1 Å². The number of hydrogen-bond donors (Lipinski definition) is 1. The minimum Gasteiger partial charge on any atom is -0.350 e. The van der Waals surface area contributed by atoms with Gasteiger partial charge in [0, 0.05) is 31.5 Å². The number of nitrogens with one attached hydrogen (secondary N) is 1. The van der Waals surface area contributed by atoms with E-state index in [1.807, 2.05) is 30.0 Å². The van der Waals surface area contributed by atoms with Crippen LogP contribution in [0.2, 0.25) is 0 Å². The lowest BCUT2D eigenvalue weighted by atomic mass is 9.93. The van der Waals surface area contributed by atoms with Gasteiger partial charge in [-0.3, -0.25) is 4.79 Å². The Morgan fingerprint density at radius 3 is 2.57 bits per heavy atom. The minimum absolute atomic E-state index is 0.0897. The van der Waals surface area contributed by atoms with Crippen LogP contribution in [-0.2, 0) is 0 Å². The Morgan fingerprint density at radius 2 is 1.83 bits per heavy atom. The third-order valence-corrected chi connectivity index (χ3v) is 5.92. The summed E-state index contributed by atoms with van der Waals surface area (Å²) in [7, 11) is 0. The van der Waals surface area contributed by atoms with E-state index in [1.54, 1.807) is 12.4 Å². The molecular weight excluding hydrogens is 440 g/mol. The van der Waals surface area contributed by atoms with E-state index < -0.39 is 0 Å². The highest BCUT2D eigenvalue weighted by atomic mass is 79.9. The molecule has 1 unspecified atom stereocenters. The van der Waals surface area contributed by atoms with Crippen molar-refractivity contribution in [3.63, 3.8) is 0 Å². The molecule has 4 rings (SSSR count). The molecule has 1 aliphatic heterocycles. The Bertz CT molecular complexity index is 1030. The molecule has 2 aromatic carbocycles. The number of amides is 1. The molecule has 2 heterocycles. The van der Waals surface area contributed by atoms with Crippen LogP contribution in [0, 0.1) is 13.8 Å². The first-order valence-corrected chi connectivity index (χ1v) is 11.0. The molecule has 0 saturated carbocycles. The fourth-order valence-corrected chi connectivity index (χ4v) is 4.14. The summed E-state index contributed by atoms with van der Waals surface area (Å²) < 4.78 is 0.844. The lowest BCUT2D eigenvalue weighted by molar-refractivity contribution is 0.0714. The Labute approximate surface area is 185 Å². The van der Waals surface area contributed by atoms with E-state index in [-0.39, 0.29) is 11.9 Å². The molecule has 154 valence electrons. The Morgan fingerprint density at radius 1 is 1.10 bits per heavy atom.